The van der Waals surface area contributed by atoms with E-state index in [9.17, 15) is 19.8 Å². The third-order valence-electron chi connectivity index (χ3n) is 2.35. The van der Waals surface area contributed by atoms with Crippen molar-refractivity contribution in [2.24, 2.45) is 0 Å². The number of hydrogen-bond donors (Lipinski definition) is 3. The summed E-state index contributed by atoms with van der Waals surface area (Å²) >= 11 is 0. The third kappa shape index (κ3) is 1.69. The summed E-state index contributed by atoms with van der Waals surface area (Å²) in [5, 5.41) is 21.6. The number of nitrogens with one attached hydrogen (secondary N) is 1. The SMILES string of the molecule is CC(=O)c1c(O)n(-c2ccccc2O)[nH]c1=O. The van der Waals surface area contributed by atoms with Crippen LogP contribution in [0.5, 0.6) is 11.6 Å². The van der Waals surface area contributed by atoms with Crippen LogP contribution in [0.25, 0.3) is 5.69 Å². The Morgan fingerprint density at radius 2 is 1.94 bits per heavy atom. The molecule has 0 bridgehead atoms. The largest absolute Gasteiger partial charge is 0.506 e. The molecule has 1 heterocycles. The van der Waals surface area contributed by atoms with Crippen LogP contribution in [0.15, 0.2) is 29.1 Å². The van der Waals surface area contributed by atoms with Gasteiger partial charge in [0.05, 0.1) is 0 Å². The van der Waals surface area contributed by atoms with Gasteiger partial charge in [-0.2, -0.15) is 0 Å². The molecule has 0 aliphatic rings. The number of phenols is 1. The van der Waals surface area contributed by atoms with Gasteiger partial charge >= 0.3 is 0 Å². The van der Waals surface area contributed by atoms with Crippen molar-refractivity contribution in [2.75, 3.05) is 0 Å². The van der Waals surface area contributed by atoms with Gasteiger partial charge < -0.3 is 10.2 Å². The highest BCUT2D eigenvalue weighted by molar-refractivity contribution is 5.96. The van der Waals surface area contributed by atoms with E-state index in [0.717, 1.165) is 4.68 Å². The molecule has 0 spiro atoms. The molecule has 0 atom stereocenters. The van der Waals surface area contributed by atoms with Gasteiger partial charge in [0, 0.05) is 0 Å². The molecule has 17 heavy (non-hydrogen) atoms. The molecule has 88 valence electrons. The lowest BCUT2D eigenvalue weighted by molar-refractivity contribution is 0.101. The molecule has 0 amide bonds. The Balaban J connectivity index is 2.71. The number of H-pyrrole nitrogens is 1. The van der Waals surface area contributed by atoms with Crippen molar-refractivity contribution in [3.63, 3.8) is 0 Å². The minimum Gasteiger partial charge on any atom is -0.506 e. The van der Waals surface area contributed by atoms with E-state index in [0.29, 0.717) is 0 Å². The summed E-state index contributed by atoms with van der Waals surface area (Å²) in [6.45, 7) is 1.18. The van der Waals surface area contributed by atoms with Gasteiger partial charge in [-0.05, 0) is 19.1 Å². The van der Waals surface area contributed by atoms with Crippen LogP contribution in [0.3, 0.4) is 0 Å². The van der Waals surface area contributed by atoms with E-state index in [-0.39, 0.29) is 17.0 Å². The number of hydrogen-bond acceptors (Lipinski definition) is 4. The number of aromatic nitrogens is 2. The number of nitrogens with zero attached hydrogens (tertiary/aromatic N) is 1. The predicted molar refractivity (Wildman–Crippen MR) is 59.7 cm³/mol. The number of carbonyl (C=O) groups excluding carboxylic acids is 1. The number of carbonyl (C=O) groups is 1. The van der Waals surface area contributed by atoms with E-state index in [1.54, 1.807) is 12.1 Å². The molecule has 0 saturated heterocycles. The van der Waals surface area contributed by atoms with Crippen molar-refractivity contribution >= 4 is 5.78 Å². The maximum absolute atomic E-state index is 11.4. The zero-order valence-electron chi connectivity index (χ0n) is 8.97. The number of aromatic amines is 1. The molecule has 0 aliphatic heterocycles. The van der Waals surface area contributed by atoms with Crippen LogP contribution in [0.4, 0.5) is 0 Å². The smallest absolute Gasteiger partial charge is 0.279 e. The van der Waals surface area contributed by atoms with Gasteiger partial charge in [0.2, 0.25) is 5.88 Å². The van der Waals surface area contributed by atoms with Gasteiger partial charge in [-0.1, -0.05) is 12.1 Å². The quantitative estimate of drug-likeness (QED) is 0.669. The van der Waals surface area contributed by atoms with Crippen molar-refractivity contribution in [2.45, 2.75) is 6.92 Å². The average molecular weight is 234 g/mol. The van der Waals surface area contributed by atoms with Crippen molar-refractivity contribution in [3.8, 4) is 17.3 Å². The van der Waals surface area contributed by atoms with Crippen molar-refractivity contribution < 1.29 is 15.0 Å². The second-order valence-corrected chi connectivity index (χ2v) is 3.52. The van der Waals surface area contributed by atoms with Crippen LogP contribution in [0, 0.1) is 0 Å². The first-order valence-corrected chi connectivity index (χ1v) is 4.85. The Morgan fingerprint density at radius 1 is 1.29 bits per heavy atom. The van der Waals surface area contributed by atoms with Crippen LogP contribution >= 0.6 is 0 Å². The van der Waals surface area contributed by atoms with Crippen molar-refractivity contribution in [3.05, 3.63) is 40.2 Å². The van der Waals surface area contributed by atoms with Gasteiger partial charge in [0.15, 0.2) is 5.78 Å². The summed E-state index contributed by atoms with van der Waals surface area (Å²) in [6.07, 6.45) is 0. The molecular formula is C11H10N2O4. The molecule has 0 radical (unpaired) electrons. The molecule has 1 aromatic heterocycles. The molecule has 2 aromatic rings. The predicted octanol–water partition coefficient (Wildman–Crippen LogP) is 0.779. The van der Waals surface area contributed by atoms with Gasteiger partial charge in [-0.15, -0.1) is 0 Å². The highest BCUT2D eigenvalue weighted by atomic mass is 16.3. The first-order chi connectivity index (χ1) is 8.02. The lowest BCUT2D eigenvalue weighted by Crippen LogP contribution is -2.10. The number of aromatic hydroxyl groups is 2. The number of para-hydroxylation sites is 2. The fourth-order valence-electron chi connectivity index (χ4n) is 1.57. The van der Waals surface area contributed by atoms with E-state index in [2.05, 4.69) is 5.10 Å². The Morgan fingerprint density at radius 3 is 2.47 bits per heavy atom. The first kappa shape index (κ1) is 11.0. The summed E-state index contributed by atoms with van der Waals surface area (Å²) in [4.78, 5) is 22.6. The summed E-state index contributed by atoms with van der Waals surface area (Å²) in [5.74, 6) is -1.17. The maximum Gasteiger partial charge on any atom is 0.279 e. The number of benzene rings is 1. The molecule has 6 nitrogen and oxygen atoms in total. The molecule has 3 N–H and O–H groups in total. The number of phenolic OH excluding ortho intramolecular Hbond substituents is 1. The summed E-state index contributed by atoms with van der Waals surface area (Å²) in [7, 11) is 0. The minimum absolute atomic E-state index is 0.121. The maximum atomic E-state index is 11.4. The molecule has 6 heteroatoms. The van der Waals surface area contributed by atoms with Gasteiger partial charge in [-0.3, -0.25) is 14.7 Å². The third-order valence-corrected chi connectivity index (χ3v) is 2.35. The summed E-state index contributed by atoms with van der Waals surface area (Å²) < 4.78 is 0.967. The molecule has 0 aliphatic carbocycles. The highest BCUT2D eigenvalue weighted by Crippen LogP contribution is 2.25. The molecule has 0 fully saturated rings. The van der Waals surface area contributed by atoms with E-state index < -0.39 is 17.2 Å². The lowest BCUT2D eigenvalue weighted by Gasteiger charge is -2.05. The molecule has 0 unspecified atom stereocenters. The normalized spacial score (nSPS) is 10.4. The second kappa shape index (κ2) is 3.82. The fraction of sp³-hybridized carbons (Fsp3) is 0.0909. The Bertz CT molecular complexity index is 639. The van der Waals surface area contributed by atoms with E-state index in [1.165, 1.54) is 19.1 Å². The Hall–Kier alpha value is -2.50. The number of rotatable bonds is 2. The number of Topliss-reactive ketones (excluding diaryl/α,β-unsaturated/α-hetero) is 1. The van der Waals surface area contributed by atoms with Crippen molar-refractivity contribution in [1.82, 2.24) is 9.78 Å². The van der Waals surface area contributed by atoms with E-state index in [1.807, 2.05) is 0 Å². The highest BCUT2D eigenvalue weighted by Gasteiger charge is 2.19. The van der Waals surface area contributed by atoms with Crippen molar-refractivity contribution in [1.29, 1.82) is 0 Å². The summed E-state index contributed by atoms with van der Waals surface area (Å²) in [6, 6.07) is 6.12. The second-order valence-electron chi connectivity index (χ2n) is 3.52. The monoisotopic (exact) mass is 234 g/mol. The van der Waals surface area contributed by atoms with Gasteiger partial charge in [0.25, 0.3) is 5.56 Å². The molecule has 0 saturated carbocycles. The van der Waals surface area contributed by atoms with Crippen LogP contribution < -0.4 is 5.56 Å². The Kier molecular flexibility index (Phi) is 2.47. The lowest BCUT2D eigenvalue weighted by atomic mass is 10.2. The standard InChI is InChI=1S/C11H10N2O4/c1-6(14)9-10(16)12-13(11(9)17)7-4-2-3-5-8(7)15/h2-5,15,17H,1H3,(H,12,16). The zero-order valence-corrected chi connectivity index (χ0v) is 8.97. The van der Waals surface area contributed by atoms with Crippen LogP contribution in [-0.2, 0) is 0 Å². The average Bonchev–Trinajstić information content (AvgIpc) is 2.55. The minimum atomic E-state index is -0.696. The molecular weight excluding hydrogens is 224 g/mol. The first-order valence-electron chi connectivity index (χ1n) is 4.85. The number of ketones is 1. The zero-order chi connectivity index (χ0) is 12.6. The topological polar surface area (TPSA) is 95.3 Å². The van der Waals surface area contributed by atoms with Crippen LogP contribution in [0.2, 0.25) is 0 Å². The molecule has 2 rings (SSSR count). The molecule has 1 aromatic carbocycles. The van der Waals surface area contributed by atoms with Gasteiger partial charge in [-0.25, -0.2) is 4.68 Å². The Labute approximate surface area is 95.7 Å². The summed E-state index contributed by atoms with van der Waals surface area (Å²) in [5.41, 5.74) is -0.832. The van der Waals surface area contributed by atoms with E-state index >= 15 is 0 Å². The van der Waals surface area contributed by atoms with Gasteiger partial charge in [0.1, 0.15) is 17.0 Å². The van der Waals surface area contributed by atoms with E-state index in [4.69, 9.17) is 0 Å². The fourth-order valence-corrected chi connectivity index (χ4v) is 1.57. The van der Waals surface area contributed by atoms with Crippen LogP contribution in [0.1, 0.15) is 17.3 Å². The van der Waals surface area contributed by atoms with Crippen LogP contribution in [-0.4, -0.2) is 25.8 Å².